The molecular formula is C3Ca6O21S3. The zero-order valence-electron chi connectivity index (χ0n) is 15.5. The van der Waals surface area contributed by atoms with E-state index in [1.807, 2.05) is 0 Å². The van der Waals surface area contributed by atoms with Crippen molar-refractivity contribution in [3.8, 4) is 0 Å². The maximum Gasteiger partial charge on any atom is 2.00 e. The van der Waals surface area contributed by atoms with Gasteiger partial charge in [0.1, 0.15) is 0 Å². The third-order valence-corrected chi connectivity index (χ3v) is 0. The fourth-order valence-corrected chi connectivity index (χ4v) is 0. The summed E-state index contributed by atoms with van der Waals surface area (Å²) in [6, 6.07) is 0. The van der Waals surface area contributed by atoms with Gasteiger partial charge in [0.05, 0.1) is 0 Å². The predicted octanol–water partition coefficient (Wildman–Crippen LogP) is -13.6. The van der Waals surface area contributed by atoms with E-state index in [9.17, 15) is 0 Å². The summed E-state index contributed by atoms with van der Waals surface area (Å²) in [5.41, 5.74) is 0. The van der Waals surface area contributed by atoms with Crippen molar-refractivity contribution in [1.82, 2.24) is 0 Å². The molecule has 0 atom stereocenters. The van der Waals surface area contributed by atoms with E-state index in [0.29, 0.717) is 0 Å². The molecular weight excluding hydrogens is 709 g/mol. The number of carbonyl (C=O) groups is 3. The molecule has 0 aliphatic heterocycles. The average Bonchev–Trinajstić information content (AvgIpc) is 2.01. The molecule has 168 valence electrons. The molecule has 0 N–H and O–H groups in total. The van der Waals surface area contributed by atoms with E-state index in [1.54, 1.807) is 0 Å². The summed E-state index contributed by atoms with van der Waals surface area (Å²) in [4.78, 5) is 25.0. The molecule has 0 saturated heterocycles. The van der Waals surface area contributed by atoms with Gasteiger partial charge < -0.3 is 72.3 Å². The van der Waals surface area contributed by atoms with E-state index in [0.717, 1.165) is 0 Å². The Morgan fingerprint density at radius 1 is 0.333 bits per heavy atom. The second-order valence-corrected chi connectivity index (χ2v) is 4.42. The Balaban J connectivity index is -0.0000000155. The van der Waals surface area contributed by atoms with Crippen LogP contribution in [-0.4, -0.2) is 297 Å². The van der Waals surface area contributed by atoms with E-state index < -0.39 is 49.7 Å². The fourth-order valence-electron chi connectivity index (χ4n) is 0. The van der Waals surface area contributed by atoms with Crippen molar-refractivity contribution in [3.05, 3.63) is 0 Å². The standard InChI is InChI=1S/3CH2O3.6Ca.3H2O4S/c3*2-1(3)4;;;;;;;3*1-5(2,3)4/h3*(H2,2,3,4);;;;;;;3*(H2,1,2,3,4)/q;;;6*+2;;;/p-12. The molecule has 0 fully saturated rings. The molecule has 33 heavy (non-hydrogen) atoms. The van der Waals surface area contributed by atoms with Gasteiger partial charge in [-0.15, -0.1) is 0 Å². The number of carboxylic acid groups (broad SMARTS) is 6. The van der Waals surface area contributed by atoms with Crippen LogP contribution < -0.4 is 30.6 Å². The molecule has 0 amide bonds. The second-order valence-electron chi connectivity index (χ2n) is 1.97. The van der Waals surface area contributed by atoms with Gasteiger partial charge in [-0.25, -0.2) is 0 Å². The molecule has 21 nitrogen and oxygen atoms in total. The molecule has 0 aromatic rings. The number of rotatable bonds is 0. The van der Waals surface area contributed by atoms with Crippen molar-refractivity contribution in [2.45, 2.75) is 0 Å². The summed E-state index contributed by atoms with van der Waals surface area (Å²) < 4.78 is 102. The smallest absolute Gasteiger partial charge is 0.759 e. The van der Waals surface area contributed by atoms with Gasteiger partial charge >= 0.3 is 226 Å². The van der Waals surface area contributed by atoms with Crippen molar-refractivity contribution in [2.24, 2.45) is 0 Å². The summed E-state index contributed by atoms with van der Waals surface area (Å²) in [5.74, 6) is 0. The normalized spacial score (nSPS) is 7.45. The zero-order valence-corrected chi connectivity index (χ0v) is 31.2. The van der Waals surface area contributed by atoms with Gasteiger partial charge in [-0.3, -0.25) is 25.3 Å². The summed E-state index contributed by atoms with van der Waals surface area (Å²) in [5, 5.41) is 50.0. The maximum atomic E-state index is 8.52. The molecule has 0 rings (SSSR count). The Hall–Kier alpha value is 4.98. The van der Waals surface area contributed by atoms with Crippen LogP contribution in [0.5, 0.6) is 0 Å². The minimum absolute atomic E-state index is 0. The Morgan fingerprint density at radius 3 is 0.333 bits per heavy atom. The molecule has 0 heterocycles. The van der Waals surface area contributed by atoms with Crippen LogP contribution in [0, 0.1) is 0 Å². The summed E-state index contributed by atoms with van der Waals surface area (Å²) in [6.07, 6.45) is -7.00. The van der Waals surface area contributed by atoms with Crippen LogP contribution in [0.25, 0.3) is 0 Å². The molecule has 0 aromatic heterocycles. The molecule has 0 unspecified atom stereocenters. The Bertz CT molecular complexity index is 576. The summed E-state index contributed by atoms with van der Waals surface area (Å²) >= 11 is 0. The number of carbonyl (C=O) groups excluding carboxylic acids is 3. The first-order valence-electron chi connectivity index (χ1n) is 3.84. The van der Waals surface area contributed by atoms with E-state index in [1.165, 1.54) is 0 Å². The van der Waals surface area contributed by atoms with Gasteiger partial charge in [-0.2, -0.15) is 0 Å². The summed E-state index contributed by atoms with van der Waals surface area (Å²) in [6.45, 7) is 0. The van der Waals surface area contributed by atoms with E-state index in [2.05, 4.69) is 0 Å². The van der Waals surface area contributed by atoms with Crippen LogP contribution in [0.1, 0.15) is 0 Å². The van der Waals surface area contributed by atoms with Crippen molar-refractivity contribution in [1.29, 1.82) is 0 Å². The zero-order chi connectivity index (χ0) is 24.2. The minimum atomic E-state index is -5.17. The molecule has 0 bridgehead atoms. The molecule has 0 saturated carbocycles. The third-order valence-electron chi connectivity index (χ3n) is 0. The minimum Gasteiger partial charge on any atom is -0.759 e. The monoisotopic (exact) mass is 708 g/mol. The molecule has 0 aliphatic rings. The third kappa shape index (κ3) is 1830. The first kappa shape index (κ1) is 76.9. The van der Waals surface area contributed by atoms with Gasteiger partial charge in [0.15, 0.2) is 0 Å². The van der Waals surface area contributed by atoms with Crippen LogP contribution in [-0.2, 0) is 31.2 Å². The predicted molar refractivity (Wildman–Crippen MR) is 82.1 cm³/mol. The summed E-state index contributed by atoms with van der Waals surface area (Å²) in [7, 11) is -15.5. The number of hydrogen-bond acceptors (Lipinski definition) is 21. The van der Waals surface area contributed by atoms with Gasteiger partial charge in [0.2, 0.25) is 0 Å². The largest absolute Gasteiger partial charge is 2.00 e. The Morgan fingerprint density at radius 2 is 0.333 bits per heavy atom. The molecule has 0 aromatic carbocycles. The maximum absolute atomic E-state index is 8.52. The van der Waals surface area contributed by atoms with E-state index >= 15 is 0 Å². The van der Waals surface area contributed by atoms with Gasteiger partial charge in [0.25, 0.3) is 0 Å². The van der Waals surface area contributed by atoms with Crippen LogP contribution in [0.3, 0.4) is 0 Å². The Labute approximate surface area is 364 Å². The van der Waals surface area contributed by atoms with Crippen LogP contribution >= 0.6 is 0 Å². The Kier molecular flexibility index (Phi) is 109. The van der Waals surface area contributed by atoms with Crippen LogP contribution in [0.15, 0.2) is 0 Å². The first-order chi connectivity index (χ1) is 11.2. The SMILES string of the molecule is O=C([O-])[O-].O=C([O-])[O-].O=C([O-])[O-].O=S(=O)([O-])[O-].O=S(=O)([O-])[O-].O=S(=O)([O-])[O-].[Ca+2].[Ca+2].[Ca+2].[Ca+2].[Ca+2].[Ca+2]. The van der Waals surface area contributed by atoms with Crippen molar-refractivity contribution < 1.29 is 97.6 Å². The van der Waals surface area contributed by atoms with Gasteiger partial charge in [0, 0.05) is 31.2 Å². The molecule has 0 radical (unpaired) electrons. The average molecular weight is 709 g/mol. The first-order valence-corrected chi connectivity index (χ1v) is 7.84. The molecule has 30 heteroatoms. The van der Waals surface area contributed by atoms with Crippen LogP contribution in [0.2, 0.25) is 0 Å². The number of hydrogen-bond donors (Lipinski definition) is 0. The topological polar surface area (TPSA) is 430 Å². The van der Waals surface area contributed by atoms with Crippen molar-refractivity contribution in [2.75, 3.05) is 0 Å². The van der Waals surface area contributed by atoms with Gasteiger partial charge in [-0.1, -0.05) is 0 Å². The molecule has 0 aliphatic carbocycles. The quantitative estimate of drug-likeness (QED) is 0.128. The van der Waals surface area contributed by atoms with Crippen molar-refractivity contribution in [3.63, 3.8) is 0 Å². The second kappa shape index (κ2) is 46.8. The van der Waals surface area contributed by atoms with Crippen LogP contribution in [0.4, 0.5) is 14.4 Å². The van der Waals surface area contributed by atoms with E-state index in [4.69, 9.17) is 97.6 Å². The van der Waals surface area contributed by atoms with E-state index in [-0.39, 0.29) is 226 Å². The fraction of sp³-hybridized carbons (Fsp3) is 0. The van der Waals surface area contributed by atoms with Gasteiger partial charge in [-0.05, 0) is 18.5 Å². The molecule has 0 spiro atoms. The van der Waals surface area contributed by atoms with Crippen molar-refractivity contribution >= 4 is 276 Å².